The van der Waals surface area contributed by atoms with Crippen LogP contribution in [0.15, 0.2) is 24.3 Å². The molecule has 0 heterocycles. The molecule has 2 nitrogen and oxygen atoms in total. The van der Waals surface area contributed by atoms with E-state index in [0.717, 1.165) is 11.7 Å². The van der Waals surface area contributed by atoms with Crippen molar-refractivity contribution in [1.29, 1.82) is 0 Å². The summed E-state index contributed by atoms with van der Waals surface area (Å²) in [7, 11) is 2.07. The summed E-state index contributed by atoms with van der Waals surface area (Å²) in [4.78, 5) is 0. The molecule has 0 amide bonds. The van der Waals surface area contributed by atoms with Gasteiger partial charge in [0, 0.05) is 6.04 Å². The van der Waals surface area contributed by atoms with Crippen LogP contribution in [0.25, 0.3) is 0 Å². The molecular formula is C16H23NO. The van der Waals surface area contributed by atoms with Crippen molar-refractivity contribution in [1.82, 2.24) is 5.32 Å². The van der Waals surface area contributed by atoms with Gasteiger partial charge in [-0.1, -0.05) is 31.4 Å². The standard InChI is InChI=1S/C16H23NO/c1-17-16(11-12-3-2-4-12)13-5-7-14(8-6-13)18-15-9-10-15/h5-8,12,15-17H,2-4,9-11H2,1H3. The molecule has 2 aliphatic carbocycles. The van der Waals surface area contributed by atoms with E-state index >= 15 is 0 Å². The number of hydrogen-bond donors (Lipinski definition) is 1. The lowest BCUT2D eigenvalue weighted by molar-refractivity contribution is 0.265. The van der Waals surface area contributed by atoms with E-state index in [2.05, 4.69) is 36.6 Å². The monoisotopic (exact) mass is 245 g/mol. The molecule has 2 fully saturated rings. The summed E-state index contributed by atoms with van der Waals surface area (Å²) in [6.45, 7) is 0. The first-order valence-electron chi connectivity index (χ1n) is 7.29. The average Bonchev–Trinajstić information content (AvgIpc) is 3.14. The molecule has 0 spiro atoms. The van der Waals surface area contributed by atoms with Crippen molar-refractivity contribution < 1.29 is 4.74 Å². The van der Waals surface area contributed by atoms with Crippen LogP contribution in [0, 0.1) is 5.92 Å². The van der Waals surface area contributed by atoms with E-state index in [1.165, 1.54) is 44.1 Å². The first-order valence-corrected chi connectivity index (χ1v) is 7.29. The maximum Gasteiger partial charge on any atom is 0.119 e. The maximum atomic E-state index is 5.79. The number of benzene rings is 1. The van der Waals surface area contributed by atoms with Crippen molar-refractivity contribution in [3.05, 3.63) is 29.8 Å². The van der Waals surface area contributed by atoms with Gasteiger partial charge in [-0.05, 0) is 49.9 Å². The molecule has 3 rings (SSSR count). The van der Waals surface area contributed by atoms with Gasteiger partial charge in [-0.3, -0.25) is 0 Å². The first kappa shape index (κ1) is 12.0. The molecule has 18 heavy (non-hydrogen) atoms. The third-order valence-corrected chi connectivity index (χ3v) is 4.25. The maximum absolute atomic E-state index is 5.79. The summed E-state index contributed by atoms with van der Waals surface area (Å²) in [5, 5.41) is 3.45. The van der Waals surface area contributed by atoms with E-state index in [-0.39, 0.29) is 0 Å². The Bertz CT molecular complexity index is 379. The van der Waals surface area contributed by atoms with Crippen molar-refractivity contribution in [3.63, 3.8) is 0 Å². The quantitative estimate of drug-likeness (QED) is 0.825. The molecule has 1 N–H and O–H groups in total. The molecule has 1 aromatic rings. The second-order valence-electron chi connectivity index (χ2n) is 5.76. The molecule has 0 radical (unpaired) electrons. The zero-order valence-corrected chi connectivity index (χ0v) is 11.2. The van der Waals surface area contributed by atoms with E-state index in [1.54, 1.807) is 0 Å². The molecule has 1 aromatic carbocycles. The fraction of sp³-hybridized carbons (Fsp3) is 0.625. The lowest BCUT2D eigenvalue weighted by atomic mass is 9.79. The average molecular weight is 245 g/mol. The van der Waals surface area contributed by atoms with Crippen LogP contribution in [0.2, 0.25) is 0 Å². The van der Waals surface area contributed by atoms with Crippen LogP contribution < -0.4 is 10.1 Å². The molecule has 0 bridgehead atoms. The van der Waals surface area contributed by atoms with Crippen LogP contribution in [-0.2, 0) is 0 Å². The molecule has 1 atom stereocenters. The van der Waals surface area contributed by atoms with Crippen LogP contribution >= 0.6 is 0 Å². The summed E-state index contributed by atoms with van der Waals surface area (Å²) in [5.41, 5.74) is 1.40. The van der Waals surface area contributed by atoms with E-state index in [0.29, 0.717) is 12.1 Å². The van der Waals surface area contributed by atoms with Crippen molar-refractivity contribution in [2.45, 2.75) is 50.7 Å². The van der Waals surface area contributed by atoms with Crippen LogP contribution in [-0.4, -0.2) is 13.2 Å². The Morgan fingerprint density at radius 3 is 2.39 bits per heavy atom. The highest BCUT2D eigenvalue weighted by Crippen LogP contribution is 2.35. The molecular weight excluding hydrogens is 222 g/mol. The van der Waals surface area contributed by atoms with Crippen LogP contribution in [0.5, 0.6) is 5.75 Å². The fourth-order valence-electron chi connectivity index (χ4n) is 2.64. The molecule has 2 heteroatoms. The molecule has 2 aliphatic rings. The number of nitrogens with one attached hydrogen (secondary N) is 1. The Morgan fingerprint density at radius 2 is 1.89 bits per heavy atom. The van der Waals surface area contributed by atoms with Gasteiger partial charge in [0.2, 0.25) is 0 Å². The van der Waals surface area contributed by atoms with Gasteiger partial charge >= 0.3 is 0 Å². The molecule has 1 unspecified atom stereocenters. The summed E-state index contributed by atoms with van der Waals surface area (Å²) in [5.74, 6) is 1.96. The van der Waals surface area contributed by atoms with Crippen molar-refractivity contribution in [2.75, 3.05) is 7.05 Å². The topological polar surface area (TPSA) is 21.3 Å². The van der Waals surface area contributed by atoms with Crippen LogP contribution in [0.3, 0.4) is 0 Å². The summed E-state index contributed by atoms with van der Waals surface area (Å²) in [6.07, 6.45) is 8.48. The number of hydrogen-bond acceptors (Lipinski definition) is 2. The van der Waals surface area contributed by atoms with Gasteiger partial charge in [-0.15, -0.1) is 0 Å². The first-order chi connectivity index (χ1) is 8.85. The highest BCUT2D eigenvalue weighted by molar-refractivity contribution is 5.29. The van der Waals surface area contributed by atoms with Crippen molar-refractivity contribution in [2.24, 2.45) is 5.92 Å². The van der Waals surface area contributed by atoms with Crippen LogP contribution in [0.4, 0.5) is 0 Å². The third-order valence-electron chi connectivity index (χ3n) is 4.25. The highest BCUT2D eigenvalue weighted by Gasteiger charge is 2.24. The highest BCUT2D eigenvalue weighted by atomic mass is 16.5. The smallest absolute Gasteiger partial charge is 0.119 e. The zero-order chi connectivity index (χ0) is 12.4. The lowest BCUT2D eigenvalue weighted by Gasteiger charge is -2.29. The Morgan fingerprint density at radius 1 is 1.17 bits per heavy atom. The second kappa shape index (κ2) is 5.31. The largest absolute Gasteiger partial charge is 0.490 e. The summed E-state index contributed by atoms with van der Waals surface area (Å²) < 4.78 is 5.79. The van der Waals surface area contributed by atoms with Crippen molar-refractivity contribution in [3.8, 4) is 5.75 Å². The molecule has 0 aromatic heterocycles. The van der Waals surface area contributed by atoms with E-state index < -0.39 is 0 Å². The molecule has 0 saturated heterocycles. The predicted molar refractivity (Wildman–Crippen MR) is 73.9 cm³/mol. The third kappa shape index (κ3) is 2.86. The Labute approximate surface area is 110 Å². The number of rotatable bonds is 6. The normalized spacial score (nSPS) is 21.4. The van der Waals surface area contributed by atoms with Crippen molar-refractivity contribution >= 4 is 0 Å². The summed E-state index contributed by atoms with van der Waals surface area (Å²) in [6, 6.07) is 9.19. The van der Waals surface area contributed by atoms with Gasteiger partial charge in [0.1, 0.15) is 5.75 Å². The minimum absolute atomic E-state index is 0.492. The molecule has 98 valence electrons. The second-order valence-corrected chi connectivity index (χ2v) is 5.76. The SMILES string of the molecule is CNC(CC1CCC1)c1ccc(OC2CC2)cc1. The predicted octanol–water partition coefficient (Wildman–Crippen LogP) is 3.68. The Kier molecular flexibility index (Phi) is 3.55. The number of ether oxygens (including phenoxy) is 1. The molecule has 2 saturated carbocycles. The van der Waals surface area contributed by atoms with E-state index in [1.807, 2.05) is 0 Å². The van der Waals surface area contributed by atoms with Gasteiger partial charge in [0.25, 0.3) is 0 Å². The molecule has 0 aliphatic heterocycles. The van der Waals surface area contributed by atoms with E-state index in [9.17, 15) is 0 Å². The van der Waals surface area contributed by atoms with Gasteiger partial charge in [-0.25, -0.2) is 0 Å². The zero-order valence-electron chi connectivity index (χ0n) is 11.2. The van der Waals surface area contributed by atoms with Gasteiger partial charge in [0.05, 0.1) is 6.10 Å². The van der Waals surface area contributed by atoms with Gasteiger partial charge < -0.3 is 10.1 Å². The minimum Gasteiger partial charge on any atom is -0.490 e. The summed E-state index contributed by atoms with van der Waals surface area (Å²) >= 11 is 0. The fourth-order valence-corrected chi connectivity index (χ4v) is 2.64. The van der Waals surface area contributed by atoms with Crippen LogP contribution in [0.1, 0.15) is 50.1 Å². The van der Waals surface area contributed by atoms with Gasteiger partial charge in [0.15, 0.2) is 0 Å². The van der Waals surface area contributed by atoms with E-state index in [4.69, 9.17) is 4.74 Å². The Balaban J connectivity index is 1.61. The lowest BCUT2D eigenvalue weighted by Crippen LogP contribution is -2.23. The van der Waals surface area contributed by atoms with Gasteiger partial charge in [-0.2, -0.15) is 0 Å². The minimum atomic E-state index is 0.492. The Hall–Kier alpha value is -1.02.